The quantitative estimate of drug-likeness (QED) is 0.754. The van der Waals surface area contributed by atoms with E-state index < -0.39 is 35.6 Å². The van der Waals surface area contributed by atoms with Crippen LogP contribution in [0, 0.1) is 6.92 Å². The highest BCUT2D eigenvalue weighted by atomic mass is 16.6. The minimum absolute atomic E-state index is 0.113. The monoisotopic (exact) mass is 311 g/mol. The summed E-state index contributed by atoms with van der Waals surface area (Å²) in [7, 11) is 1.22. The molecule has 1 fully saturated rings. The van der Waals surface area contributed by atoms with E-state index in [9.17, 15) is 19.2 Å². The maximum absolute atomic E-state index is 12.0. The van der Waals surface area contributed by atoms with E-state index in [1.54, 1.807) is 6.92 Å². The van der Waals surface area contributed by atoms with Gasteiger partial charge in [0, 0.05) is 25.1 Å². The van der Waals surface area contributed by atoms with Gasteiger partial charge in [-0.3, -0.25) is 24.0 Å². The van der Waals surface area contributed by atoms with Gasteiger partial charge < -0.3 is 9.47 Å². The minimum atomic E-state index is -0.695. The number of aryl methyl sites for hydroxylation is 1. The largest absolute Gasteiger partial charge is 0.461 e. The zero-order valence-corrected chi connectivity index (χ0v) is 12.5. The van der Waals surface area contributed by atoms with Crippen LogP contribution in [0.5, 0.6) is 0 Å². The topological polar surface area (TPSA) is 111 Å². The zero-order chi connectivity index (χ0) is 16.4. The lowest BCUT2D eigenvalue weighted by Crippen LogP contribution is -2.40. The molecule has 0 aromatic carbocycles. The van der Waals surface area contributed by atoms with Crippen LogP contribution in [0.4, 0.5) is 4.79 Å². The Balaban J connectivity index is 2.39. The Kier molecular flexibility index (Phi) is 4.34. The summed E-state index contributed by atoms with van der Waals surface area (Å²) in [5.41, 5.74) is -0.793. The van der Waals surface area contributed by atoms with E-state index in [0.29, 0.717) is 5.56 Å². The van der Waals surface area contributed by atoms with Gasteiger partial charge in [0.05, 0.1) is 13.7 Å². The first-order valence-electron chi connectivity index (χ1n) is 6.67. The number of methoxy groups -OCH3 is 1. The average molecular weight is 311 g/mol. The van der Waals surface area contributed by atoms with E-state index in [4.69, 9.17) is 9.47 Å². The van der Waals surface area contributed by atoms with Crippen molar-refractivity contribution in [3.63, 3.8) is 0 Å². The molecule has 0 unspecified atom stereocenters. The molecule has 9 nitrogen and oxygen atoms in total. The van der Waals surface area contributed by atoms with Crippen molar-refractivity contribution in [1.82, 2.24) is 14.5 Å². The fourth-order valence-electron chi connectivity index (χ4n) is 2.48. The Hall–Kier alpha value is -2.58. The van der Waals surface area contributed by atoms with E-state index in [0.717, 1.165) is 0 Å². The molecular formula is C13H17N3O6. The molecule has 1 aromatic heterocycles. The van der Waals surface area contributed by atoms with Crippen molar-refractivity contribution in [2.75, 3.05) is 13.7 Å². The Labute approximate surface area is 125 Å². The number of nitrogens with zero attached hydrogens (tertiary/aromatic N) is 2. The van der Waals surface area contributed by atoms with Crippen LogP contribution in [0.3, 0.4) is 0 Å². The first-order valence-corrected chi connectivity index (χ1v) is 6.67. The van der Waals surface area contributed by atoms with E-state index >= 15 is 0 Å². The predicted molar refractivity (Wildman–Crippen MR) is 74.4 cm³/mol. The smallest absolute Gasteiger partial charge is 0.411 e. The molecule has 1 aliphatic heterocycles. The second-order valence-electron chi connectivity index (χ2n) is 5.05. The number of H-pyrrole nitrogens is 1. The molecule has 0 bridgehead atoms. The molecule has 1 N–H and O–H groups in total. The Morgan fingerprint density at radius 1 is 1.36 bits per heavy atom. The zero-order valence-electron chi connectivity index (χ0n) is 12.5. The summed E-state index contributed by atoms with van der Waals surface area (Å²) < 4.78 is 11.0. The van der Waals surface area contributed by atoms with Crippen molar-refractivity contribution in [2.45, 2.75) is 32.5 Å². The number of likely N-dealkylation sites (tertiary alicyclic amines) is 1. The highest BCUT2D eigenvalue weighted by molar-refractivity contribution is 5.69. The number of nitrogens with one attached hydrogen (secondary N) is 1. The molecule has 22 heavy (non-hydrogen) atoms. The average Bonchev–Trinajstić information content (AvgIpc) is 2.84. The third-order valence-electron chi connectivity index (χ3n) is 3.44. The van der Waals surface area contributed by atoms with Crippen molar-refractivity contribution < 1.29 is 19.1 Å². The molecule has 1 aliphatic rings. The number of hydrogen-bond donors (Lipinski definition) is 1. The second-order valence-corrected chi connectivity index (χ2v) is 5.05. The van der Waals surface area contributed by atoms with Crippen LogP contribution in [0.2, 0.25) is 0 Å². The Bertz CT molecular complexity index is 706. The third-order valence-corrected chi connectivity index (χ3v) is 3.44. The number of esters is 1. The van der Waals surface area contributed by atoms with Crippen molar-refractivity contribution >= 4 is 12.1 Å². The number of ether oxygens (including phenoxy) is 2. The number of rotatable bonds is 2. The minimum Gasteiger partial charge on any atom is -0.461 e. The van der Waals surface area contributed by atoms with Gasteiger partial charge in [-0.2, -0.15) is 0 Å². The third kappa shape index (κ3) is 3.02. The van der Waals surface area contributed by atoms with Crippen LogP contribution in [0.15, 0.2) is 15.8 Å². The highest BCUT2D eigenvalue weighted by Crippen LogP contribution is 2.28. The number of hydrogen-bond acceptors (Lipinski definition) is 6. The maximum atomic E-state index is 12.0. The highest BCUT2D eigenvalue weighted by Gasteiger charge is 2.39. The van der Waals surface area contributed by atoms with Gasteiger partial charge in [-0.25, -0.2) is 9.59 Å². The molecule has 0 radical (unpaired) electrons. The van der Waals surface area contributed by atoms with Crippen LogP contribution in [0.1, 0.15) is 25.1 Å². The SMILES string of the molecule is COC(=O)N1C[C@H](OC(C)=O)C[C@@H]1n1cc(C)c(=O)[nH]c1=O. The summed E-state index contributed by atoms with van der Waals surface area (Å²) in [4.78, 5) is 49.8. The van der Waals surface area contributed by atoms with E-state index in [2.05, 4.69) is 4.98 Å². The predicted octanol–water partition coefficient (Wildman–Crippen LogP) is -0.253. The van der Waals surface area contributed by atoms with Gasteiger partial charge in [-0.05, 0) is 6.92 Å². The summed E-state index contributed by atoms with van der Waals surface area (Å²) >= 11 is 0. The van der Waals surface area contributed by atoms with E-state index in [1.807, 2.05) is 0 Å². The van der Waals surface area contributed by atoms with Crippen LogP contribution < -0.4 is 11.2 Å². The van der Waals surface area contributed by atoms with E-state index in [1.165, 1.54) is 29.7 Å². The summed E-state index contributed by atoms with van der Waals surface area (Å²) in [5, 5.41) is 0. The van der Waals surface area contributed by atoms with Crippen LogP contribution in [0.25, 0.3) is 0 Å². The Morgan fingerprint density at radius 2 is 2.05 bits per heavy atom. The fraction of sp³-hybridized carbons (Fsp3) is 0.538. The molecule has 2 rings (SSSR count). The molecule has 2 atom stereocenters. The number of aromatic nitrogens is 2. The van der Waals surface area contributed by atoms with Crippen molar-refractivity contribution in [3.8, 4) is 0 Å². The molecule has 1 aromatic rings. The molecule has 0 saturated carbocycles. The van der Waals surface area contributed by atoms with Gasteiger partial charge in [-0.15, -0.1) is 0 Å². The van der Waals surface area contributed by atoms with Crippen molar-refractivity contribution in [3.05, 3.63) is 32.6 Å². The van der Waals surface area contributed by atoms with Crippen LogP contribution >= 0.6 is 0 Å². The van der Waals surface area contributed by atoms with Gasteiger partial charge in [-0.1, -0.05) is 0 Å². The molecule has 0 aliphatic carbocycles. The molecule has 0 spiro atoms. The maximum Gasteiger partial charge on any atom is 0.411 e. The molecule has 9 heteroatoms. The second kappa shape index (κ2) is 6.04. The summed E-state index contributed by atoms with van der Waals surface area (Å²) in [6.07, 6.45) is -0.270. The van der Waals surface area contributed by atoms with Crippen LogP contribution in [-0.4, -0.2) is 46.3 Å². The number of carbonyl (C=O) groups is 2. The fourth-order valence-corrected chi connectivity index (χ4v) is 2.48. The molecular weight excluding hydrogens is 294 g/mol. The van der Waals surface area contributed by atoms with Crippen LogP contribution in [-0.2, 0) is 14.3 Å². The van der Waals surface area contributed by atoms with Gasteiger partial charge in [0.25, 0.3) is 5.56 Å². The molecule has 1 amide bonds. The van der Waals surface area contributed by atoms with Crippen molar-refractivity contribution in [2.24, 2.45) is 0 Å². The van der Waals surface area contributed by atoms with Gasteiger partial charge >= 0.3 is 17.8 Å². The number of carbonyl (C=O) groups excluding carboxylic acids is 2. The molecule has 2 heterocycles. The normalized spacial score (nSPS) is 20.8. The van der Waals surface area contributed by atoms with Gasteiger partial charge in [0.15, 0.2) is 0 Å². The molecule has 120 valence electrons. The summed E-state index contributed by atoms with van der Waals surface area (Å²) in [6.45, 7) is 2.93. The van der Waals surface area contributed by atoms with E-state index in [-0.39, 0.29) is 13.0 Å². The lowest BCUT2D eigenvalue weighted by atomic mass is 10.2. The number of amides is 1. The molecule has 1 saturated heterocycles. The standard InChI is InChI=1S/C13H17N3O6/c1-7-5-15(12(19)14-11(7)18)10-4-9(22-8(2)17)6-16(10)13(20)21-3/h5,9-10H,4,6H2,1-3H3,(H,14,18,19)/t9-,10-/m1/s1. The first kappa shape index (κ1) is 15.8. The lowest BCUT2D eigenvalue weighted by molar-refractivity contribution is -0.145. The van der Waals surface area contributed by atoms with Crippen molar-refractivity contribution in [1.29, 1.82) is 0 Å². The summed E-state index contributed by atoms with van der Waals surface area (Å²) in [5.74, 6) is -0.472. The Morgan fingerprint density at radius 3 is 2.64 bits per heavy atom. The first-order chi connectivity index (χ1) is 10.3. The lowest BCUT2D eigenvalue weighted by Gasteiger charge is -2.24. The van der Waals surface area contributed by atoms with Gasteiger partial charge in [0.2, 0.25) is 0 Å². The summed E-state index contributed by atoms with van der Waals surface area (Å²) in [6, 6.07) is 0. The number of aromatic amines is 1. The van der Waals surface area contributed by atoms with Gasteiger partial charge in [0.1, 0.15) is 12.3 Å².